The zero-order valence-electron chi connectivity index (χ0n) is 23.8. The molecule has 1 aliphatic heterocycles. The van der Waals surface area contributed by atoms with E-state index in [4.69, 9.17) is 29.7 Å². The number of nitrogens with zero attached hydrogens (tertiary/aromatic N) is 5. The van der Waals surface area contributed by atoms with Crippen molar-refractivity contribution in [1.82, 2.24) is 19.6 Å². The molecule has 1 aliphatic carbocycles. The number of alkyl halides is 3. The Hall–Kier alpha value is -5.04. The molecule has 7 rings (SSSR count). The van der Waals surface area contributed by atoms with Gasteiger partial charge in [0.25, 0.3) is 0 Å². The summed E-state index contributed by atoms with van der Waals surface area (Å²) < 4.78 is 39.2. The molecule has 4 heterocycles. The third-order valence-corrected chi connectivity index (χ3v) is 8.09. The predicted molar refractivity (Wildman–Crippen MR) is 159 cm³/mol. The third-order valence-electron chi connectivity index (χ3n) is 8.09. The maximum Gasteiger partial charge on any atom is 0.490 e. The lowest BCUT2D eigenvalue weighted by Crippen LogP contribution is -2.36. The van der Waals surface area contributed by atoms with Crippen molar-refractivity contribution in [3.05, 3.63) is 89.9 Å². The summed E-state index contributed by atoms with van der Waals surface area (Å²) in [6, 6.07) is 21.6. The van der Waals surface area contributed by atoms with Gasteiger partial charge in [-0.15, -0.1) is 0 Å². The minimum Gasteiger partial charge on any atom is -0.478 e. The number of carboxylic acids is 2. The lowest BCUT2D eigenvalue weighted by atomic mass is 9.71. The molecule has 2 aromatic carbocycles. The Morgan fingerprint density at radius 3 is 2.22 bits per heavy atom. The van der Waals surface area contributed by atoms with Crippen LogP contribution in [0.3, 0.4) is 0 Å². The number of hydrogen-bond acceptors (Lipinski definition) is 7. The third kappa shape index (κ3) is 6.16. The van der Waals surface area contributed by atoms with Crippen LogP contribution in [0.5, 0.6) is 0 Å². The second-order valence-electron chi connectivity index (χ2n) is 10.9. The summed E-state index contributed by atoms with van der Waals surface area (Å²) in [7, 11) is 0. The number of carbonyl (C=O) groups is 2. The molecule has 10 nitrogen and oxygen atoms in total. The lowest BCUT2D eigenvalue weighted by Gasteiger charge is -2.34. The Labute approximate surface area is 254 Å². The van der Waals surface area contributed by atoms with Crippen molar-refractivity contribution in [3.8, 4) is 11.3 Å². The van der Waals surface area contributed by atoms with E-state index in [0.29, 0.717) is 19.1 Å². The molecule has 1 saturated carbocycles. The van der Waals surface area contributed by atoms with Crippen molar-refractivity contribution in [2.75, 3.05) is 31.2 Å². The van der Waals surface area contributed by atoms with Crippen LogP contribution in [0.2, 0.25) is 0 Å². The number of imidazole rings is 1. The highest BCUT2D eigenvalue weighted by atomic mass is 19.4. The number of aromatic nitrogens is 4. The number of para-hydroxylation sites is 1. The Balaban J connectivity index is 0.000000460. The highest BCUT2D eigenvalue weighted by Crippen LogP contribution is 2.49. The van der Waals surface area contributed by atoms with E-state index in [1.165, 1.54) is 0 Å². The number of ether oxygens (including phenoxy) is 1. The number of benzene rings is 2. The molecule has 0 atom stereocenters. The Morgan fingerprint density at radius 2 is 1.56 bits per heavy atom. The van der Waals surface area contributed by atoms with Crippen LogP contribution in [0.25, 0.3) is 27.8 Å². The zero-order chi connectivity index (χ0) is 31.7. The van der Waals surface area contributed by atoms with Gasteiger partial charge < -0.3 is 19.8 Å². The normalized spacial score (nSPS) is 18.2. The van der Waals surface area contributed by atoms with Crippen LogP contribution >= 0.6 is 0 Å². The summed E-state index contributed by atoms with van der Waals surface area (Å²) >= 11 is 0. The van der Waals surface area contributed by atoms with Crippen LogP contribution < -0.4 is 4.90 Å². The van der Waals surface area contributed by atoms with E-state index >= 15 is 0 Å². The molecule has 0 unspecified atom stereocenters. The van der Waals surface area contributed by atoms with Crippen LogP contribution in [0.15, 0.2) is 72.9 Å². The first-order chi connectivity index (χ1) is 21.6. The van der Waals surface area contributed by atoms with Crippen molar-refractivity contribution in [1.29, 1.82) is 0 Å². The Bertz CT molecular complexity index is 1860. The standard InChI is InChI=1S/C30H27N5O3.C2HF3O2/c36-30(37)21-7-5-20(6-8-21)28-27(33-29-26(11-12-31-35(28)29)34-13-15-38-16-14-34)23-17-22(18-23)25-10-9-19-3-1-2-4-24(19)32-25;3-2(4,5)1(6)7/h1-12,22-23H,13-18H2,(H,36,37);(H,6,7)/t22-,23-;. The fourth-order valence-corrected chi connectivity index (χ4v) is 5.72. The molecular formula is C32H28F3N5O5. The first-order valence-electron chi connectivity index (χ1n) is 14.3. The smallest absolute Gasteiger partial charge is 0.478 e. The second-order valence-corrected chi connectivity index (χ2v) is 10.9. The van der Waals surface area contributed by atoms with E-state index in [2.05, 4.69) is 29.2 Å². The quantitative estimate of drug-likeness (QED) is 0.252. The van der Waals surface area contributed by atoms with Crippen LogP contribution in [-0.4, -0.2) is 74.2 Å². The summed E-state index contributed by atoms with van der Waals surface area (Å²) in [5, 5.41) is 22.4. The van der Waals surface area contributed by atoms with Gasteiger partial charge in [0.1, 0.15) is 0 Å². The molecule has 1 saturated heterocycles. The highest BCUT2D eigenvalue weighted by molar-refractivity contribution is 5.88. The Kier molecular flexibility index (Phi) is 8.11. The number of halogens is 3. The van der Waals surface area contributed by atoms with E-state index in [1.54, 1.807) is 12.1 Å². The summed E-state index contributed by atoms with van der Waals surface area (Å²) in [4.78, 5) is 32.8. The van der Waals surface area contributed by atoms with E-state index in [9.17, 15) is 23.1 Å². The van der Waals surface area contributed by atoms with Gasteiger partial charge in [-0.1, -0.05) is 36.4 Å². The molecule has 2 fully saturated rings. The SMILES string of the molecule is O=C(O)C(F)(F)F.O=C(O)c1ccc(-c2c([C@H]3C[C@H](c4ccc5ccccc5n4)C3)nc3c(N4CCOCC4)ccnn23)cc1. The van der Waals surface area contributed by atoms with Gasteiger partial charge in [-0.3, -0.25) is 4.98 Å². The number of hydrogen-bond donors (Lipinski definition) is 2. The molecule has 3 aromatic heterocycles. The van der Waals surface area contributed by atoms with Crippen LogP contribution in [0, 0.1) is 0 Å². The number of aliphatic carboxylic acids is 1. The Morgan fingerprint density at radius 1 is 0.867 bits per heavy atom. The van der Waals surface area contributed by atoms with Gasteiger partial charge in [0.15, 0.2) is 5.65 Å². The molecule has 0 spiro atoms. The number of rotatable bonds is 5. The van der Waals surface area contributed by atoms with Gasteiger partial charge in [-0.25, -0.2) is 19.1 Å². The topological polar surface area (TPSA) is 130 Å². The van der Waals surface area contributed by atoms with Gasteiger partial charge in [0.2, 0.25) is 0 Å². The predicted octanol–water partition coefficient (Wildman–Crippen LogP) is 5.77. The molecule has 0 amide bonds. The first-order valence-corrected chi connectivity index (χ1v) is 14.3. The number of morpholine rings is 1. The summed E-state index contributed by atoms with van der Waals surface area (Å²) in [6.45, 7) is 3.00. The van der Waals surface area contributed by atoms with Gasteiger partial charge in [-0.2, -0.15) is 18.3 Å². The van der Waals surface area contributed by atoms with Crippen LogP contribution in [-0.2, 0) is 9.53 Å². The second kappa shape index (κ2) is 12.2. The number of carboxylic acid groups (broad SMARTS) is 2. The lowest BCUT2D eigenvalue weighted by molar-refractivity contribution is -0.192. The van der Waals surface area contributed by atoms with Gasteiger partial charge in [0.05, 0.1) is 47.6 Å². The van der Waals surface area contributed by atoms with Crippen LogP contribution in [0.4, 0.5) is 18.9 Å². The maximum absolute atomic E-state index is 11.5. The highest BCUT2D eigenvalue weighted by Gasteiger charge is 2.38. The van der Waals surface area contributed by atoms with Gasteiger partial charge in [-0.05, 0) is 43.2 Å². The number of fused-ring (bicyclic) bond motifs is 2. The number of anilines is 1. The van der Waals surface area contributed by atoms with Crippen molar-refractivity contribution < 1.29 is 37.7 Å². The molecule has 232 valence electrons. The van der Waals surface area contributed by atoms with E-state index in [1.807, 2.05) is 41.0 Å². The van der Waals surface area contributed by atoms with Gasteiger partial charge in [0, 0.05) is 41.6 Å². The summed E-state index contributed by atoms with van der Waals surface area (Å²) in [5.41, 5.74) is 7.15. The minimum atomic E-state index is -5.08. The zero-order valence-corrected chi connectivity index (χ0v) is 23.8. The molecule has 2 N–H and O–H groups in total. The molecule has 2 aliphatic rings. The maximum atomic E-state index is 11.5. The molecular weight excluding hydrogens is 591 g/mol. The fourth-order valence-electron chi connectivity index (χ4n) is 5.72. The summed E-state index contributed by atoms with van der Waals surface area (Å²) in [5.74, 6) is -3.05. The fraction of sp³-hybridized carbons (Fsp3) is 0.281. The average molecular weight is 620 g/mol. The van der Waals surface area contributed by atoms with E-state index < -0.39 is 18.1 Å². The molecule has 45 heavy (non-hydrogen) atoms. The molecule has 13 heteroatoms. The van der Waals surface area contributed by atoms with Crippen LogP contribution in [0.1, 0.15) is 46.4 Å². The summed E-state index contributed by atoms with van der Waals surface area (Å²) in [6.07, 6.45) is -1.34. The minimum absolute atomic E-state index is 0.261. The van der Waals surface area contributed by atoms with Crippen molar-refractivity contribution in [2.24, 2.45) is 0 Å². The van der Waals surface area contributed by atoms with Gasteiger partial charge >= 0.3 is 18.1 Å². The molecule has 5 aromatic rings. The van der Waals surface area contributed by atoms with Crippen molar-refractivity contribution >= 4 is 34.2 Å². The number of pyridine rings is 1. The van der Waals surface area contributed by atoms with Crippen molar-refractivity contribution in [3.63, 3.8) is 0 Å². The first kappa shape index (κ1) is 30.0. The molecule has 0 radical (unpaired) electrons. The average Bonchev–Trinajstić information content (AvgIpc) is 3.39. The largest absolute Gasteiger partial charge is 0.490 e. The molecule has 0 bridgehead atoms. The van der Waals surface area contributed by atoms with E-state index in [0.717, 1.165) is 70.8 Å². The monoisotopic (exact) mass is 619 g/mol. The number of aromatic carboxylic acids is 1. The van der Waals surface area contributed by atoms with Crippen molar-refractivity contribution in [2.45, 2.75) is 30.9 Å². The van der Waals surface area contributed by atoms with E-state index in [-0.39, 0.29) is 11.5 Å².